The second-order valence-electron chi connectivity index (χ2n) is 13.9. The minimum atomic E-state index is -0.0881. The minimum Gasteiger partial charge on any atom is -0.354 e. The van der Waals surface area contributed by atoms with Gasteiger partial charge in [-0.15, -0.1) is 11.3 Å². The number of fused-ring (bicyclic) bond motifs is 8. The van der Waals surface area contributed by atoms with E-state index in [-0.39, 0.29) is 5.41 Å². The van der Waals surface area contributed by atoms with Gasteiger partial charge in [-0.3, -0.25) is 0 Å². The Morgan fingerprint density at radius 1 is 0.642 bits per heavy atom. The number of aromatic nitrogens is 1. The molecule has 1 N–H and O–H groups in total. The number of nitrogens with one attached hydrogen (secondary N) is 1. The van der Waals surface area contributed by atoms with E-state index in [4.69, 9.17) is 0 Å². The summed E-state index contributed by atoms with van der Waals surface area (Å²) < 4.78 is 2.59. The number of H-pyrrole nitrogens is 1. The average Bonchev–Trinajstić information content (AvgIpc) is 3.83. The molecule has 0 spiro atoms. The highest BCUT2D eigenvalue weighted by Gasteiger charge is 2.35. The second kappa shape index (κ2) is 13.8. The van der Waals surface area contributed by atoms with Gasteiger partial charge < -0.3 is 9.88 Å². The Labute approximate surface area is 316 Å². The fraction of sp³-hybridized carbons (Fsp3) is 0.0800. The van der Waals surface area contributed by atoms with E-state index in [0.717, 1.165) is 28.3 Å². The molecule has 0 amide bonds. The molecule has 6 aromatic carbocycles. The molecule has 8 aromatic rings. The number of nitrogens with zero attached hydrogens (tertiary/aromatic N) is 1. The van der Waals surface area contributed by atoms with Crippen LogP contribution in [0.15, 0.2) is 165 Å². The van der Waals surface area contributed by atoms with Gasteiger partial charge in [0.1, 0.15) is 0 Å². The van der Waals surface area contributed by atoms with Crippen LogP contribution in [0.1, 0.15) is 43.2 Å². The maximum atomic E-state index is 4.08. The number of rotatable bonds is 7. The third-order valence-electron chi connectivity index (χ3n) is 10.5. The Morgan fingerprint density at radius 2 is 1.30 bits per heavy atom. The van der Waals surface area contributed by atoms with Gasteiger partial charge in [0.05, 0.1) is 0 Å². The number of hydrogen-bond acceptors (Lipinski definition) is 2. The summed E-state index contributed by atoms with van der Waals surface area (Å²) in [4.78, 5) is 6.01. The molecule has 0 unspecified atom stereocenters. The van der Waals surface area contributed by atoms with Crippen LogP contribution < -0.4 is 4.90 Å². The summed E-state index contributed by atoms with van der Waals surface area (Å²) in [6.07, 6.45) is 9.50. The number of hydrogen-bond donors (Lipinski definition) is 1. The first-order chi connectivity index (χ1) is 25.9. The molecule has 0 atom stereocenters. The lowest BCUT2D eigenvalue weighted by molar-refractivity contribution is 0.660. The molecule has 53 heavy (non-hydrogen) atoms. The number of thiophene rings is 1. The van der Waals surface area contributed by atoms with Crippen molar-refractivity contribution < 1.29 is 0 Å². The van der Waals surface area contributed by atoms with Crippen molar-refractivity contribution in [1.82, 2.24) is 4.98 Å². The lowest BCUT2D eigenvalue weighted by atomic mass is 9.82. The predicted octanol–water partition coefficient (Wildman–Crippen LogP) is 15.0. The molecule has 2 heterocycles. The summed E-state index contributed by atoms with van der Waals surface area (Å²) in [5.74, 6) is 0. The van der Waals surface area contributed by atoms with Crippen molar-refractivity contribution >= 4 is 71.6 Å². The molecule has 0 bridgehead atoms. The van der Waals surface area contributed by atoms with Crippen LogP contribution in [0.4, 0.5) is 17.1 Å². The van der Waals surface area contributed by atoms with Crippen molar-refractivity contribution in [2.75, 3.05) is 4.90 Å². The van der Waals surface area contributed by atoms with Crippen molar-refractivity contribution in [2.24, 2.45) is 0 Å². The van der Waals surface area contributed by atoms with E-state index in [1.807, 2.05) is 17.4 Å². The lowest BCUT2D eigenvalue weighted by Gasteiger charge is -2.28. The van der Waals surface area contributed by atoms with E-state index in [2.05, 4.69) is 190 Å². The molecule has 3 heteroatoms. The Morgan fingerprint density at radius 3 is 2.04 bits per heavy atom. The van der Waals surface area contributed by atoms with Crippen LogP contribution in [-0.2, 0) is 5.41 Å². The normalized spacial score (nSPS) is 12.7. The SMILES string of the molecule is C=CC=C.C=Cc1[nH]c2ccc3c4cc(N(c5ccc(-c6ccccc6)cc5)c5ccc6c(c5)C(C)(C)c5ccccc5-6)ccc4sc3c2c1/C=C\C. The molecule has 258 valence electrons. The third-order valence-corrected chi connectivity index (χ3v) is 11.7. The van der Waals surface area contributed by atoms with Crippen molar-refractivity contribution in [3.8, 4) is 22.3 Å². The molecule has 2 aromatic heterocycles. The molecule has 0 radical (unpaired) electrons. The van der Waals surface area contributed by atoms with E-state index in [9.17, 15) is 0 Å². The number of allylic oxidation sites excluding steroid dienone is 3. The van der Waals surface area contributed by atoms with Crippen molar-refractivity contribution in [3.05, 3.63) is 188 Å². The van der Waals surface area contributed by atoms with Crippen LogP contribution in [0.2, 0.25) is 0 Å². The first-order valence-corrected chi connectivity index (χ1v) is 18.9. The summed E-state index contributed by atoms with van der Waals surface area (Å²) in [5, 5.41) is 3.81. The quantitative estimate of drug-likeness (QED) is 0.164. The Kier molecular flexibility index (Phi) is 8.82. The number of benzene rings is 6. The monoisotopic (exact) mass is 702 g/mol. The van der Waals surface area contributed by atoms with Crippen molar-refractivity contribution in [1.29, 1.82) is 0 Å². The molecular formula is C50H42N2S. The van der Waals surface area contributed by atoms with Gasteiger partial charge in [0.2, 0.25) is 0 Å². The Bertz CT molecular complexity index is 2700. The first-order valence-electron chi connectivity index (χ1n) is 18.1. The molecule has 1 aliphatic carbocycles. The third kappa shape index (κ3) is 5.74. The van der Waals surface area contributed by atoms with Crippen LogP contribution in [0.3, 0.4) is 0 Å². The number of anilines is 3. The van der Waals surface area contributed by atoms with Crippen LogP contribution >= 0.6 is 11.3 Å². The van der Waals surface area contributed by atoms with Crippen molar-refractivity contribution in [2.45, 2.75) is 26.2 Å². The zero-order chi connectivity index (χ0) is 36.7. The largest absolute Gasteiger partial charge is 0.354 e. The molecule has 9 rings (SSSR count). The van der Waals surface area contributed by atoms with Gasteiger partial charge >= 0.3 is 0 Å². The summed E-state index contributed by atoms with van der Waals surface area (Å²) >= 11 is 1.87. The van der Waals surface area contributed by atoms with Crippen LogP contribution in [0.25, 0.3) is 65.5 Å². The molecule has 0 saturated heterocycles. The maximum Gasteiger partial charge on any atom is 0.0479 e. The van der Waals surface area contributed by atoms with Gasteiger partial charge in [0.25, 0.3) is 0 Å². The Balaban J connectivity index is 0.000000954. The smallest absolute Gasteiger partial charge is 0.0479 e. The summed E-state index contributed by atoms with van der Waals surface area (Å²) in [7, 11) is 0. The number of aromatic amines is 1. The highest BCUT2D eigenvalue weighted by Crippen LogP contribution is 2.51. The van der Waals surface area contributed by atoms with E-state index < -0.39 is 0 Å². The summed E-state index contributed by atoms with van der Waals surface area (Å²) in [6.45, 7) is 17.6. The zero-order valence-corrected chi connectivity index (χ0v) is 31.3. The van der Waals surface area contributed by atoms with E-state index in [0.29, 0.717) is 0 Å². The molecule has 2 nitrogen and oxygen atoms in total. The Hall–Kier alpha value is -6.16. The molecular weight excluding hydrogens is 661 g/mol. The van der Waals surface area contributed by atoms with Gasteiger partial charge in [-0.05, 0) is 94.9 Å². The van der Waals surface area contributed by atoms with E-state index in [1.165, 1.54) is 64.5 Å². The highest BCUT2D eigenvalue weighted by molar-refractivity contribution is 7.26. The van der Waals surface area contributed by atoms with E-state index in [1.54, 1.807) is 12.2 Å². The average molecular weight is 703 g/mol. The standard InChI is InChI=1S/C46H36N2S.C4H6/c1-5-12-37-41(6-2)47-42-25-24-36-38-27-32(22-26-43(38)49-45(36)44(37)42)48(31-19-17-30(18-20-31)29-13-8-7-9-14-29)33-21-23-35-34-15-10-11-16-39(34)46(3,4)40(35)28-33;1-3-4-2/h5-28,47H,2H2,1,3-4H3;3-4H,1-2H2/b12-5-;. The molecule has 0 aliphatic heterocycles. The van der Waals surface area contributed by atoms with Gasteiger partial charge in [-0.25, -0.2) is 0 Å². The van der Waals surface area contributed by atoms with Crippen LogP contribution in [-0.4, -0.2) is 4.98 Å². The molecule has 0 fully saturated rings. The van der Waals surface area contributed by atoms with E-state index >= 15 is 0 Å². The van der Waals surface area contributed by atoms with Crippen molar-refractivity contribution in [3.63, 3.8) is 0 Å². The zero-order valence-electron chi connectivity index (χ0n) is 30.5. The predicted molar refractivity (Wildman–Crippen MR) is 234 cm³/mol. The fourth-order valence-electron chi connectivity index (χ4n) is 7.90. The lowest BCUT2D eigenvalue weighted by Crippen LogP contribution is -2.16. The van der Waals surface area contributed by atoms with Gasteiger partial charge in [0, 0.05) is 64.8 Å². The van der Waals surface area contributed by atoms with Crippen LogP contribution in [0, 0.1) is 0 Å². The van der Waals surface area contributed by atoms with Gasteiger partial charge in [0.15, 0.2) is 0 Å². The second-order valence-corrected chi connectivity index (χ2v) is 15.0. The van der Waals surface area contributed by atoms with Gasteiger partial charge in [-0.2, -0.15) is 0 Å². The topological polar surface area (TPSA) is 19.0 Å². The maximum absolute atomic E-state index is 4.08. The fourth-order valence-corrected chi connectivity index (χ4v) is 9.14. The minimum absolute atomic E-state index is 0.0881. The van der Waals surface area contributed by atoms with Gasteiger partial charge in [-0.1, -0.05) is 137 Å². The van der Waals surface area contributed by atoms with Crippen LogP contribution in [0.5, 0.6) is 0 Å². The molecule has 1 aliphatic rings. The highest BCUT2D eigenvalue weighted by atomic mass is 32.1. The first kappa shape index (κ1) is 34.0. The molecule has 0 saturated carbocycles. The summed E-state index contributed by atoms with van der Waals surface area (Å²) in [6, 6.07) is 47.0. The summed E-state index contributed by atoms with van der Waals surface area (Å²) in [5.41, 5.74) is 14.6.